The van der Waals surface area contributed by atoms with E-state index in [1.807, 2.05) is 18.2 Å². The minimum Gasteiger partial charge on any atom is -0.480 e. The predicted molar refractivity (Wildman–Crippen MR) is 160 cm³/mol. The molecule has 0 unspecified atom stereocenters. The highest BCUT2D eigenvalue weighted by Gasteiger charge is 2.29. The lowest BCUT2D eigenvalue weighted by molar-refractivity contribution is -0.485. The number of hydrazone groups is 1. The van der Waals surface area contributed by atoms with Crippen LogP contribution in [0, 0.1) is 10.1 Å². The minimum atomic E-state index is -1.37. The average molecular weight is 650 g/mol. The molecule has 19 nitrogen and oxygen atoms in total. The van der Waals surface area contributed by atoms with Gasteiger partial charge >= 0.3 is 12.1 Å². The third-order valence-electron chi connectivity index (χ3n) is 6.57. The highest BCUT2D eigenvalue weighted by molar-refractivity contribution is 5.94. The van der Waals surface area contributed by atoms with Crippen molar-refractivity contribution < 1.29 is 43.6 Å². The first-order valence-corrected chi connectivity index (χ1v) is 14.5. The van der Waals surface area contributed by atoms with Crippen LogP contribution in [0.3, 0.4) is 0 Å². The quantitative estimate of drug-likeness (QED) is 0.0277. The van der Waals surface area contributed by atoms with Crippen molar-refractivity contribution in [3.63, 3.8) is 0 Å². The zero-order valence-electron chi connectivity index (χ0n) is 25.0. The van der Waals surface area contributed by atoms with E-state index in [0.29, 0.717) is 12.8 Å². The Labute approximate surface area is 263 Å². The largest absolute Gasteiger partial charge is 0.480 e. The van der Waals surface area contributed by atoms with Crippen molar-refractivity contribution in [1.82, 2.24) is 31.9 Å². The van der Waals surface area contributed by atoms with Gasteiger partial charge in [-0.05, 0) is 44.1 Å². The van der Waals surface area contributed by atoms with Crippen molar-refractivity contribution in [3.05, 3.63) is 46.0 Å². The van der Waals surface area contributed by atoms with E-state index >= 15 is 0 Å². The minimum absolute atomic E-state index is 0.0327. The van der Waals surface area contributed by atoms with Crippen molar-refractivity contribution in [3.8, 4) is 0 Å². The summed E-state index contributed by atoms with van der Waals surface area (Å²) in [5.74, 6) is -4.18. The van der Waals surface area contributed by atoms with Gasteiger partial charge in [-0.2, -0.15) is 0 Å². The first-order valence-electron chi connectivity index (χ1n) is 14.5. The molecule has 0 aliphatic carbocycles. The second-order valence-corrected chi connectivity index (χ2v) is 10.2. The number of nitro groups is 1. The summed E-state index contributed by atoms with van der Waals surface area (Å²) < 4.78 is 5.14. The van der Waals surface area contributed by atoms with Crippen LogP contribution in [-0.2, 0) is 35.3 Å². The molecule has 1 aliphatic rings. The van der Waals surface area contributed by atoms with Crippen LogP contribution in [0.1, 0.15) is 50.5 Å². The van der Waals surface area contributed by atoms with Gasteiger partial charge in [-0.3, -0.25) is 19.2 Å². The number of nitrogens with two attached hydrogens (primary N) is 1. The SMILES string of the molecule is N/C(=N/[N+](=O)[O-])NCCC[C@H](NC(=O)[C@H](CCCCNC(=O)OCc1ccccc1)NC(=O)CNC(=O)[C@@H]1CCC(=O)N1)C(=O)O. The number of unbranched alkanes of at least 4 members (excludes halogenated alkanes) is 1. The van der Waals surface area contributed by atoms with E-state index in [2.05, 4.69) is 37.0 Å². The van der Waals surface area contributed by atoms with Gasteiger partial charge in [0.25, 0.3) is 5.96 Å². The van der Waals surface area contributed by atoms with Crippen molar-refractivity contribution in [2.45, 2.75) is 69.7 Å². The maximum absolute atomic E-state index is 13.1. The van der Waals surface area contributed by atoms with E-state index in [4.69, 9.17) is 10.5 Å². The van der Waals surface area contributed by atoms with E-state index in [9.17, 15) is 44.0 Å². The number of rotatable bonds is 19. The second kappa shape index (κ2) is 19.7. The number of carbonyl (C=O) groups is 6. The van der Waals surface area contributed by atoms with E-state index < -0.39 is 65.4 Å². The van der Waals surface area contributed by atoms with Crippen molar-refractivity contribution in [2.75, 3.05) is 19.6 Å². The van der Waals surface area contributed by atoms with E-state index in [0.717, 1.165) is 5.56 Å². The fourth-order valence-electron chi connectivity index (χ4n) is 4.23. The van der Waals surface area contributed by atoms with Crippen LogP contribution in [0.25, 0.3) is 0 Å². The third-order valence-corrected chi connectivity index (χ3v) is 6.57. The van der Waals surface area contributed by atoms with Crippen molar-refractivity contribution in [1.29, 1.82) is 0 Å². The molecule has 5 amide bonds. The number of guanidine groups is 1. The fraction of sp³-hybridized carbons (Fsp3) is 0.519. The van der Waals surface area contributed by atoms with Crippen LogP contribution in [0.4, 0.5) is 4.79 Å². The standard InChI is InChI=1S/C27H39N9O10/c28-26(35-36(44)45)29-14-6-10-20(25(41)42)34-24(40)18(33-22(38)15-31-23(39)19-11-12-21(37)32-19)9-4-5-13-30-27(43)46-16-17-7-2-1-3-8-17/h1-3,7-8,18-20H,4-6,9-16H2,(H,30,43)(H,31,39)(H,32,37)(H,33,38)(H,34,40)(H,41,42)(H3,28,29,35)/t18-,19-,20-/m0/s1. The number of carboxylic acid groups (broad SMARTS) is 1. The van der Waals surface area contributed by atoms with Gasteiger partial charge in [-0.25, -0.2) is 19.7 Å². The topological polar surface area (TPSA) is 286 Å². The van der Waals surface area contributed by atoms with E-state index in [1.54, 1.807) is 12.1 Å². The number of carboxylic acids is 1. The third kappa shape index (κ3) is 14.8. The Bertz CT molecular complexity index is 1260. The number of alkyl carbamates (subject to hydrolysis) is 1. The van der Waals surface area contributed by atoms with Crippen LogP contribution in [0.2, 0.25) is 0 Å². The average Bonchev–Trinajstić information content (AvgIpc) is 3.45. The number of benzene rings is 1. The molecule has 0 radical (unpaired) electrons. The van der Waals surface area contributed by atoms with Gasteiger partial charge in [0.1, 0.15) is 29.8 Å². The van der Waals surface area contributed by atoms with Crippen LogP contribution in [0.15, 0.2) is 35.4 Å². The van der Waals surface area contributed by atoms with Gasteiger partial charge in [0, 0.05) is 19.5 Å². The lowest BCUT2D eigenvalue weighted by Gasteiger charge is -2.22. The first kappa shape index (κ1) is 36.7. The molecular weight excluding hydrogens is 610 g/mol. The zero-order chi connectivity index (χ0) is 33.9. The Morgan fingerprint density at radius 2 is 1.72 bits per heavy atom. The molecule has 0 spiro atoms. The molecule has 0 saturated carbocycles. The van der Waals surface area contributed by atoms with Gasteiger partial charge in [0.2, 0.25) is 23.6 Å². The molecule has 1 heterocycles. The normalized spacial score (nSPS) is 15.4. The number of aliphatic carboxylic acids is 1. The molecular formula is C27H39N9O10. The smallest absolute Gasteiger partial charge is 0.407 e. The molecule has 252 valence electrons. The van der Waals surface area contributed by atoms with Gasteiger partial charge in [0.05, 0.1) is 6.54 Å². The summed E-state index contributed by atoms with van der Waals surface area (Å²) in [4.78, 5) is 83.4. The summed E-state index contributed by atoms with van der Waals surface area (Å²) in [6, 6.07) is 5.76. The van der Waals surface area contributed by atoms with Gasteiger partial charge < -0.3 is 47.5 Å². The Morgan fingerprint density at radius 3 is 2.37 bits per heavy atom. The van der Waals surface area contributed by atoms with Gasteiger partial charge in [-0.15, -0.1) is 0 Å². The number of nitrogens with one attached hydrogen (secondary N) is 6. The molecule has 0 aromatic heterocycles. The predicted octanol–water partition coefficient (Wildman–Crippen LogP) is -1.59. The van der Waals surface area contributed by atoms with E-state index in [-0.39, 0.29) is 57.7 Å². The Hall–Kier alpha value is -5.49. The summed E-state index contributed by atoms with van der Waals surface area (Å²) in [5, 5.41) is 36.6. The molecule has 0 bridgehead atoms. The first-order chi connectivity index (χ1) is 21.9. The van der Waals surface area contributed by atoms with E-state index in [1.165, 1.54) is 0 Å². The lowest BCUT2D eigenvalue weighted by Crippen LogP contribution is -2.53. The van der Waals surface area contributed by atoms with Crippen molar-refractivity contribution >= 4 is 41.7 Å². The van der Waals surface area contributed by atoms with Crippen molar-refractivity contribution in [2.24, 2.45) is 10.8 Å². The maximum Gasteiger partial charge on any atom is 0.407 e. The van der Waals surface area contributed by atoms with Crippen LogP contribution < -0.4 is 37.6 Å². The molecule has 1 fully saturated rings. The Morgan fingerprint density at radius 1 is 1.02 bits per heavy atom. The van der Waals surface area contributed by atoms with Gasteiger partial charge in [0.15, 0.2) is 5.03 Å². The monoisotopic (exact) mass is 649 g/mol. The number of hydrogen-bond acceptors (Lipinski definition) is 9. The number of nitrogens with zero attached hydrogens (tertiary/aromatic N) is 2. The molecule has 9 N–H and O–H groups in total. The summed E-state index contributed by atoms with van der Waals surface area (Å²) in [6.45, 7) is -0.173. The highest BCUT2D eigenvalue weighted by atomic mass is 16.7. The van der Waals surface area contributed by atoms with Crippen LogP contribution >= 0.6 is 0 Å². The number of amides is 5. The molecule has 1 aromatic carbocycles. The number of carbonyl (C=O) groups excluding carboxylic acids is 5. The molecule has 2 rings (SSSR count). The van der Waals surface area contributed by atoms with Crippen LogP contribution in [0.5, 0.6) is 0 Å². The molecule has 19 heteroatoms. The number of ether oxygens (including phenoxy) is 1. The zero-order valence-corrected chi connectivity index (χ0v) is 25.0. The van der Waals surface area contributed by atoms with Crippen LogP contribution in [-0.4, -0.2) is 89.5 Å². The summed E-state index contributed by atoms with van der Waals surface area (Å²) in [6.07, 6.45) is 0.669. The second-order valence-electron chi connectivity index (χ2n) is 10.2. The summed E-state index contributed by atoms with van der Waals surface area (Å²) in [7, 11) is 0. The Balaban J connectivity index is 1.89. The summed E-state index contributed by atoms with van der Waals surface area (Å²) >= 11 is 0. The summed E-state index contributed by atoms with van der Waals surface area (Å²) in [5.41, 5.74) is 6.14. The lowest BCUT2D eigenvalue weighted by atomic mass is 10.1. The molecule has 3 atom stereocenters. The molecule has 1 saturated heterocycles. The van der Waals surface area contributed by atoms with Gasteiger partial charge in [-0.1, -0.05) is 30.3 Å². The highest BCUT2D eigenvalue weighted by Crippen LogP contribution is 2.07. The Kier molecular flexibility index (Phi) is 15.7. The fourth-order valence-corrected chi connectivity index (χ4v) is 4.23. The molecule has 1 aromatic rings. The number of hydrogen-bond donors (Lipinski definition) is 8. The maximum atomic E-state index is 13.1. The molecule has 1 aliphatic heterocycles. The molecule has 46 heavy (non-hydrogen) atoms.